The number of fused-ring (bicyclic) bond motifs is 1. The molecule has 88 valence electrons. The summed E-state index contributed by atoms with van der Waals surface area (Å²) in [4.78, 5) is 0. The number of halogens is 1. The minimum atomic E-state index is 0.209. The highest BCUT2D eigenvalue weighted by molar-refractivity contribution is 9.10. The molecule has 16 heavy (non-hydrogen) atoms. The van der Waals surface area contributed by atoms with Crippen molar-refractivity contribution >= 4 is 15.9 Å². The molecule has 0 spiro atoms. The molecule has 1 aromatic carbocycles. The summed E-state index contributed by atoms with van der Waals surface area (Å²) in [5.74, 6) is 1.62. The van der Waals surface area contributed by atoms with Crippen LogP contribution >= 0.6 is 15.9 Å². The third-order valence-corrected chi connectivity index (χ3v) is 3.26. The van der Waals surface area contributed by atoms with Gasteiger partial charge in [0.2, 0.25) is 0 Å². The molecule has 3 nitrogen and oxygen atoms in total. The Morgan fingerprint density at radius 2 is 1.88 bits per heavy atom. The first-order chi connectivity index (χ1) is 7.81. The number of hydrogen-bond acceptors (Lipinski definition) is 3. The minimum absolute atomic E-state index is 0.209. The van der Waals surface area contributed by atoms with Crippen LogP contribution in [0.5, 0.6) is 11.5 Å². The van der Waals surface area contributed by atoms with E-state index >= 15 is 0 Å². The molecule has 0 fully saturated rings. The summed E-state index contributed by atoms with van der Waals surface area (Å²) in [6, 6.07) is 3.95. The van der Waals surface area contributed by atoms with Crippen LogP contribution in [-0.2, 0) is 6.42 Å². The lowest BCUT2D eigenvalue weighted by atomic mass is 10.1. The number of hydrogen-bond donors (Lipinski definition) is 1. The molecule has 1 aliphatic rings. The van der Waals surface area contributed by atoms with Crippen LogP contribution in [0, 0.1) is 0 Å². The maximum absolute atomic E-state index is 8.83. The molecule has 0 atom stereocenters. The molecule has 4 heteroatoms. The van der Waals surface area contributed by atoms with Crippen LogP contribution in [0.4, 0.5) is 0 Å². The van der Waals surface area contributed by atoms with Crippen LogP contribution in [0.2, 0.25) is 0 Å². The molecule has 1 heterocycles. The van der Waals surface area contributed by atoms with Gasteiger partial charge in [0.1, 0.15) is 0 Å². The number of aliphatic hydroxyl groups excluding tert-OH is 1. The van der Waals surface area contributed by atoms with Crippen molar-refractivity contribution in [3.63, 3.8) is 0 Å². The molecular weight excluding hydrogens is 272 g/mol. The van der Waals surface area contributed by atoms with Gasteiger partial charge >= 0.3 is 0 Å². The fourth-order valence-corrected chi connectivity index (χ4v) is 2.21. The maximum atomic E-state index is 8.83. The highest BCUT2D eigenvalue weighted by atomic mass is 79.9. The van der Waals surface area contributed by atoms with Crippen LogP contribution in [0.3, 0.4) is 0 Å². The van der Waals surface area contributed by atoms with Gasteiger partial charge in [-0.1, -0.05) is 15.9 Å². The Hall–Kier alpha value is -0.740. The number of rotatable bonds is 3. The second-order valence-electron chi connectivity index (χ2n) is 3.77. The summed E-state index contributed by atoms with van der Waals surface area (Å²) in [6.07, 6.45) is 2.52. The van der Waals surface area contributed by atoms with Crippen LogP contribution in [0.15, 0.2) is 16.6 Å². The number of benzene rings is 1. The molecule has 0 bridgehead atoms. The summed E-state index contributed by atoms with van der Waals surface area (Å²) < 4.78 is 12.2. The largest absolute Gasteiger partial charge is 0.490 e. The highest BCUT2D eigenvalue weighted by Crippen LogP contribution is 2.35. The van der Waals surface area contributed by atoms with Gasteiger partial charge < -0.3 is 14.6 Å². The number of aliphatic hydroxyl groups is 1. The minimum Gasteiger partial charge on any atom is -0.490 e. The molecule has 1 N–H and O–H groups in total. The van der Waals surface area contributed by atoms with Gasteiger partial charge in [0, 0.05) is 17.5 Å². The Labute approximate surface area is 104 Å². The average molecular weight is 287 g/mol. The molecule has 0 unspecified atom stereocenters. The zero-order valence-electron chi connectivity index (χ0n) is 9.04. The molecule has 0 radical (unpaired) electrons. The molecule has 1 aromatic rings. The zero-order valence-corrected chi connectivity index (χ0v) is 10.6. The SMILES string of the molecule is OCCCc1cc2c(cc1Br)OCCCO2. The smallest absolute Gasteiger partial charge is 0.162 e. The summed E-state index contributed by atoms with van der Waals surface area (Å²) in [6.45, 7) is 1.62. The molecule has 1 aliphatic heterocycles. The summed E-state index contributed by atoms with van der Waals surface area (Å²) in [5.41, 5.74) is 1.15. The van der Waals surface area contributed by atoms with Crippen LogP contribution in [0.25, 0.3) is 0 Å². The predicted molar refractivity (Wildman–Crippen MR) is 65.2 cm³/mol. The molecule has 0 aliphatic carbocycles. The van der Waals surface area contributed by atoms with E-state index in [9.17, 15) is 0 Å². The van der Waals surface area contributed by atoms with E-state index in [-0.39, 0.29) is 6.61 Å². The summed E-state index contributed by atoms with van der Waals surface area (Å²) in [7, 11) is 0. The zero-order chi connectivity index (χ0) is 11.4. The Kier molecular flexibility index (Phi) is 4.07. The van der Waals surface area contributed by atoms with E-state index in [1.807, 2.05) is 12.1 Å². The van der Waals surface area contributed by atoms with E-state index in [0.717, 1.165) is 40.8 Å². The third-order valence-electron chi connectivity index (χ3n) is 2.52. The molecule has 0 saturated heterocycles. The summed E-state index contributed by atoms with van der Waals surface area (Å²) >= 11 is 3.51. The topological polar surface area (TPSA) is 38.7 Å². The second kappa shape index (κ2) is 5.55. The first-order valence-corrected chi connectivity index (χ1v) is 6.29. The number of ether oxygens (including phenoxy) is 2. The lowest BCUT2D eigenvalue weighted by Crippen LogP contribution is -1.97. The van der Waals surface area contributed by atoms with Crippen molar-refractivity contribution in [2.45, 2.75) is 19.3 Å². The molecule has 0 saturated carbocycles. The Bertz CT molecular complexity index is 366. The van der Waals surface area contributed by atoms with Crippen molar-refractivity contribution in [3.8, 4) is 11.5 Å². The molecular formula is C12H15BrO3. The van der Waals surface area contributed by atoms with E-state index in [4.69, 9.17) is 14.6 Å². The van der Waals surface area contributed by atoms with Gasteiger partial charge in [-0.2, -0.15) is 0 Å². The van der Waals surface area contributed by atoms with Crippen LogP contribution in [0.1, 0.15) is 18.4 Å². The standard InChI is InChI=1S/C12H15BrO3/c13-10-8-12-11(15-5-2-6-16-12)7-9(10)3-1-4-14/h7-8,14H,1-6H2. The van der Waals surface area contributed by atoms with Gasteiger partial charge in [0.15, 0.2) is 11.5 Å². The van der Waals surface area contributed by atoms with Crippen LogP contribution in [-0.4, -0.2) is 24.9 Å². The molecule has 2 rings (SSSR count). The lowest BCUT2D eigenvalue weighted by molar-refractivity contribution is 0.288. The monoisotopic (exact) mass is 286 g/mol. The van der Waals surface area contributed by atoms with Crippen molar-refractivity contribution in [3.05, 3.63) is 22.2 Å². The van der Waals surface area contributed by atoms with Crippen molar-refractivity contribution in [1.82, 2.24) is 0 Å². The lowest BCUT2D eigenvalue weighted by Gasteiger charge is -2.11. The van der Waals surface area contributed by atoms with Gasteiger partial charge in [-0.15, -0.1) is 0 Å². The van der Waals surface area contributed by atoms with Gasteiger partial charge in [-0.25, -0.2) is 0 Å². The molecule has 0 aromatic heterocycles. The van der Waals surface area contributed by atoms with Gasteiger partial charge in [0.05, 0.1) is 13.2 Å². The first kappa shape index (κ1) is 11.7. The first-order valence-electron chi connectivity index (χ1n) is 5.50. The van der Waals surface area contributed by atoms with Crippen molar-refractivity contribution in [2.24, 2.45) is 0 Å². The van der Waals surface area contributed by atoms with Crippen molar-refractivity contribution in [2.75, 3.05) is 19.8 Å². The normalized spacial score (nSPS) is 14.6. The van der Waals surface area contributed by atoms with Gasteiger partial charge in [-0.3, -0.25) is 0 Å². The predicted octanol–water partition coefficient (Wildman–Crippen LogP) is 2.54. The highest BCUT2D eigenvalue weighted by Gasteiger charge is 2.13. The van der Waals surface area contributed by atoms with E-state index in [0.29, 0.717) is 13.2 Å². The molecule has 0 amide bonds. The van der Waals surface area contributed by atoms with E-state index < -0.39 is 0 Å². The fraction of sp³-hybridized carbons (Fsp3) is 0.500. The summed E-state index contributed by atoms with van der Waals surface area (Å²) in [5, 5.41) is 8.83. The quantitative estimate of drug-likeness (QED) is 0.928. The fourth-order valence-electron chi connectivity index (χ4n) is 1.69. The van der Waals surface area contributed by atoms with E-state index in [2.05, 4.69) is 15.9 Å². The maximum Gasteiger partial charge on any atom is 0.162 e. The van der Waals surface area contributed by atoms with E-state index in [1.165, 1.54) is 0 Å². The third kappa shape index (κ3) is 2.68. The number of aryl methyl sites for hydroxylation is 1. The Morgan fingerprint density at radius 1 is 1.19 bits per heavy atom. The van der Waals surface area contributed by atoms with E-state index in [1.54, 1.807) is 0 Å². The Balaban J connectivity index is 2.24. The van der Waals surface area contributed by atoms with Crippen molar-refractivity contribution in [1.29, 1.82) is 0 Å². The second-order valence-corrected chi connectivity index (χ2v) is 4.62. The van der Waals surface area contributed by atoms with Gasteiger partial charge in [-0.05, 0) is 30.5 Å². The van der Waals surface area contributed by atoms with Crippen molar-refractivity contribution < 1.29 is 14.6 Å². The van der Waals surface area contributed by atoms with Gasteiger partial charge in [0.25, 0.3) is 0 Å². The average Bonchev–Trinajstić information content (AvgIpc) is 2.50. The van der Waals surface area contributed by atoms with Crippen LogP contribution < -0.4 is 9.47 Å². The Morgan fingerprint density at radius 3 is 2.56 bits per heavy atom.